The summed E-state index contributed by atoms with van der Waals surface area (Å²) in [6.45, 7) is 2.16. The Bertz CT molecular complexity index is 991. The van der Waals surface area contributed by atoms with Crippen LogP contribution in [0.1, 0.15) is 37.7 Å². The maximum absolute atomic E-state index is 8.95. The summed E-state index contributed by atoms with van der Waals surface area (Å²) >= 11 is 0. The average Bonchev–Trinajstić information content (AvgIpc) is 3.32. The summed E-state index contributed by atoms with van der Waals surface area (Å²) in [5, 5.41) is 0. The molecule has 2 atom stereocenters. The zero-order valence-electron chi connectivity index (χ0n) is 16.6. The molecule has 2 unspecified atom stereocenters. The van der Waals surface area contributed by atoms with E-state index in [0.717, 1.165) is 0 Å². The van der Waals surface area contributed by atoms with Crippen LogP contribution in [0.5, 0.6) is 0 Å². The van der Waals surface area contributed by atoms with Gasteiger partial charge in [0.15, 0.2) is 6.20 Å². The minimum atomic E-state index is -0.312. The normalized spacial score (nSPS) is 27.1. The molecule has 0 radical (unpaired) electrons. The average molecular weight is 341 g/mol. The number of nitrogens with zero attached hydrogens (tertiary/aromatic N) is 1. The minimum absolute atomic E-state index is 0.312. The summed E-state index contributed by atoms with van der Waals surface area (Å²) in [6.07, 6.45) is 5.89. The summed E-state index contributed by atoms with van der Waals surface area (Å²) < 4.78 is 11.1. The third-order valence-electron chi connectivity index (χ3n) is 6.43. The summed E-state index contributed by atoms with van der Waals surface area (Å²) in [7, 11) is 2.10. The summed E-state index contributed by atoms with van der Waals surface area (Å²) in [6, 6.07) is 21.8. The van der Waals surface area contributed by atoms with Gasteiger partial charge in [0.1, 0.15) is 7.05 Å². The number of hydrogen-bond donors (Lipinski definition) is 0. The largest absolute Gasteiger partial charge is 0.213 e. The Kier molecular flexibility index (Phi) is 3.45. The summed E-state index contributed by atoms with van der Waals surface area (Å²) in [4.78, 5) is 0. The Balaban J connectivity index is 1.51. The first kappa shape index (κ1) is 14.7. The van der Waals surface area contributed by atoms with E-state index < -0.39 is 0 Å². The minimum Gasteiger partial charge on any atom is -0.201 e. The number of aromatic nitrogens is 1. The van der Waals surface area contributed by atoms with E-state index in [1.165, 1.54) is 52.8 Å². The van der Waals surface area contributed by atoms with Crippen molar-refractivity contribution in [2.24, 2.45) is 18.9 Å². The molecule has 0 saturated heterocycles. The predicted molar refractivity (Wildman–Crippen MR) is 107 cm³/mol. The van der Waals surface area contributed by atoms with Crippen molar-refractivity contribution in [3.63, 3.8) is 0 Å². The standard InChI is InChI=1S/C25H26N/c1-17-5-3-4-6-23(17)24-16-20(13-14-26(24)2)18-7-9-19(10-8-18)25-21-11-12-22(25)15-21/h3-10,13-14,16,21-22,25H,11-12,15H2,1-2H3/q+1/i25D. The summed E-state index contributed by atoms with van der Waals surface area (Å²) in [5.41, 5.74) is 7.46. The fourth-order valence-corrected chi connectivity index (χ4v) is 4.92. The van der Waals surface area contributed by atoms with Crippen LogP contribution < -0.4 is 4.57 Å². The predicted octanol–water partition coefficient (Wildman–Crippen LogP) is 5.67. The van der Waals surface area contributed by atoms with Crippen molar-refractivity contribution in [2.45, 2.75) is 32.1 Å². The van der Waals surface area contributed by atoms with Crippen molar-refractivity contribution in [2.75, 3.05) is 0 Å². The van der Waals surface area contributed by atoms with Gasteiger partial charge >= 0.3 is 0 Å². The van der Waals surface area contributed by atoms with Crippen molar-refractivity contribution in [3.8, 4) is 22.4 Å². The molecular formula is C25H26N+. The first-order valence-electron chi connectivity index (χ1n) is 10.2. The van der Waals surface area contributed by atoms with Gasteiger partial charge < -0.3 is 0 Å². The zero-order valence-corrected chi connectivity index (χ0v) is 15.6. The van der Waals surface area contributed by atoms with Crippen molar-refractivity contribution in [1.82, 2.24) is 0 Å². The molecule has 3 aliphatic rings. The van der Waals surface area contributed by atoms with Gasteiger partial charge in [-0.2, -0.15) is 0 Å². The number of rotatable bonds is 3. The van der Waals surface area contributed by atoms with E-state index >= 15 is 0 Å². The van der Waals surface area contributed by atoms with Crippen LogP contribution >= 0.6 is 0 Å². The molecule has 1 heterocycles. The van der Waals surface area contributed by atoms with E-state index in [1.54, 1.807) is 0 Å². The molecule has 0 amide bonds. The van der Waals surface area contributed by atoms with Crippen LogP contribution in [-0.2, 0) is 7.05 Å². The monoisotopic (exact) mass is 341 g/mol. The molecular weight excluding hydrogens is 314 g/mol. The van der Waals surface area contributed by atoms with Crippen LogP contribution in [0.15, 0.2) is 66.9 Å². The van der Waals surface area contributed by atoms with Crippen LogP contribution in [0.4, 0.5) is 0 Å². The topological polar surface area (TPSA) is 3.88 Å². The number of pyridine rings is 1. The smallest absolute Gasteiger partial charge is 0.201 e. The Morgan fingerprint density at radius 3 is 2.35 bits per heavy atom. The molecule has 3 aliphatic carbocycles. The second-order valence-electron chi connectivity index (χ2n) is 7.97. The van der Waals surface area contributed by atoms with E-state index in [1.807, 2.05) is 0 Å². The van der Waals surface area contributed by atoms with E-state index in [4.69, 9.17) is 1.37 Å². The Hall–Kier alpha value is -2.41. The molecule has 1 aromatic heterocycles. The van der Waals surface area contributed by atoms with Gasteiger partial charge in [0.2, 0.25) is 5.69 Å². The van der Waals surface area contributed by atoms with Crippen LogP contribution in [0, 0.1) is 18.8 Å². The first-order valence-corrected chi connectivity index (χ1v) is 9.74. The number of hydrogen-bond acceptors (Lipinski definition) is 0. The fraction of sp³-hybridized carbons (Fsp3) is 0.320. The molecule has 1 nitrogen and oxygen atoms in total. The molecule has 0 aliphatic heterocycles. The summed E-state index contributed by atoms with van der Waals surface area (Å²) in [5.74, 6) is 0.849. The number of fused-ring (bicyclic) bond motifs is 1. The fourth-order valence-electron chi connectivity index (χ4n) is 4.92. The van der Waals surface area contributed by atoms with E-state index in [-0.39, 0.29) is 5.89 Å². The lowest BCUT2D eigenvalue weighted by molar-refractivity contribution is -0.660. The quantitative estimate of drug-likeness (QED) is 0.541. The van der Waals surface area contributed by atoms with Gasteiger partial charge in [0, 0.05) is 19.1 Å². The van der Waals surface area contributed by atoms with E-state index in [2.05, 4.69) is 85.4 Å². The Morgan fingerprint density at radius 2 is 1.65 bits per heavy atom. The van der Waals surface area contributed by atoms with E-state index in [9.17, 15) is 0 Å². The molecule has 3 fully saturated rings. The number of aryl methyl sites for hydroxylation is 2. The second-order valence-corrected chi connectivity index (χ2v) is 7.97. The highest BCUT2D eigenvalue weighted by molar-refractivity contribution is 5.70. The van der Waals surface area contributed by atoms with Gasteiger partial charge in [-0.25, -0.2) is 4.57 Å². The van der Waals surface area contributed by atoms with Crippen LogP contribution in [-0.4, -0.2) is 0 Å². The van der Waals surface area contributed by atoms with Gasteiger partial charge in [-0.1, -0.05) is 42.5 Å². The zero-order chi connectivity index (χ0) is 18.6. The Morgan fingerprint density at radius 1 is 0.923 bits per heavy atom. The van der Waals surface area contributed by atoms with Crippen LogP contribution in [0.3, 0.4) is 0 Å². The van der Waals surface area contributed by atoms with Crippen molar-refractivity contribution in [1.29, 1.82) is 0 Å². The van der Waals surface area contributed by atoms with Gasteiger partial charge in [-0.05, 0) is 72.2 Å². The third-order valence-corrected chi connectivity index (χ3v) is 6.43. The molecule has 2 bridgehead atoms. The molecule has 26 heavy (non-hydrogen) atoms. The van der Waals surface area contributed by atoms with Crippen molar-refractivity contribution in [3.05, 3.63) is 78.0 Å². The van der Waals surface area contributed by atoms with Gasteiger partial charge in [-0.3, -0.25) is 0 Å². The van der Waals surface area contributed by atoms with Gasteiger partial charge in [-0.15, -0.1) is 0 Å². The van der Waals surface area contributed by atoms with Crippen LogP contribution in [0.2, 0.25) is 0 Å². The third kappa shape index (κ3) is 2.49. The molecule has 3 saturated carbocycles. The molecule has 3 aromatic rings. The highest BCUT2D eigenvalue weighted by Crippen LogP contribution is 2.58. The first-order chi connectivity index (χ1) is 13.1. The van der Waals surface area contributed by atoms with Crippen molar-refractivity contribution >= 4 is 0 Å². The maximum atomic E-state index is 8.95. The Labute approximate surface area is 157 Å². The maximum Gasteiger partial charge on any atom is 0.213 e. The lowest BCUT2D eigenvalue weighted by Crippen LogP contribution is -2.30. The molecule has 6 rings (SSSR count). The highest BCUT2D eigenvalue weighted by Gasteiger charge is 2.46. The van der Waals surface area contributed by atoms with Crippen LogP contribution in [0.25, 0.3) is 22.4 Å². The SMILES string of the molecule is [2H]C1(c2ccc(-c3cc[n+](C)c(-c4ccccc4C)c3)cc2)C2CCC1C2. The highest BCUT2D eigenvalue weighted by atomic mass is 14.9. The lowest BCUT2D eigenvalue weighted by atomic mass is 9.68. The van der Waals surface area contributed by atoms with Gasteiger partial charge in [0.05, 0.1) is 0 Å². The molecule has 2 aromatic carbocycles. The second kappa shape index (κ2) is 6.09. The van der Waals surface area contributed by atoms with Crippen molar-refractivity contribution < 1.29 is 5.94 Å². The molecule has 1 heteroatoms. The number of benzene rings is 2. The van der Waals surface area contributed by atoms with E-state index in [0.29, 0.717) is 11.8 Å². The molecule has 130 valence electrons. The molecule has 0 spiro atoms. The van der Waals surface area contributed by atoms with Gasteiger partial charge in [0.25, 0.3) is 0 Å². The lowest BCUT2D eigenvalue weighted by Gasteiger charge is -2.36. The molecule has 0 N–H and O–H groups in total.